The van der Waals surface area contributed by atoms with E-state index < -0.39 is 9.84 Å². The first-order chi connectivity index (χ1) is 12.5. The average Bonchev–Trinajstić information content (AvgIpc) is 3.08. The van der Waals surface area contributed by atoms with Gasteiger partial charge in [0.2, 0.25) is 15.0 Å². The fourth-order valence-corrected chi connectivity index (χ4v) is 4.28. The van der Waals surface area contributed by atoms with Crippen molar-refractivity contribution in [1.82, 2.24) is 14.8 Å². The van der Waals surface area contributed by atoms with Crippen LogP contribution in [-0.4, -0.2) is 30.3 Å². The summed E-state index contributed by atoms with van der Waals surface area (Å²) in [5.41, 5.74) is 2.52. The number of rotatable bonds is 6. The number of para-hydroxylation sites is 1. The molecular weight excluding hydrogens is 350 g/mol. The monoisotopic (exact) mass is 371 g/mol. The van der Waals surface area contributed by atoms with Crippen molar-refractivity contribution in [2.24, 2.45) is 0 Å². The summed E-state index contributed by atoms with van der Waals surface area (Å²) < 4.78 is 32.8. The molecule has 0 spiro atoms. The van der Waals surface area contributed by atoms with E-state index in [9.17, 15) is 8.42 Å². The normalized spacial score (nSPS) is 11.5. The van der Waals surface area contributed by atoms with Gasteiger partial charge in [-0.15, -0.1) is 10.2 Å². The third-order valence-corrected chi connectivity index (χ3v) is 5.71. The molecule has 0 aliphatic carbocycles. The molecule has 0 amide bonds. The zero-order valence-electron chi connectivity index (χ0n) is 15.0. The predicted molar refractivity (Wildman–Crippen MR) is 99.8 cm³/mol. The molecule has 136 valence electrons. The van der Waals surface area contributed by atoms with Gasteiger partial charge in [0.25, 0.3) is 0 Å². The first kappa shape index (κ1) is 18.1. The number of aromatic nitrogens is 3. The van der Waals surface area contributed by atoms with E-state index in [0.717, 1.165) is 11.1 Å². The minimum absolute atomic E-state index is 0.0264. The van der Waals surface area contributed by atoms with Crippen molar-refractivity contribution in [3.8, 4) is 17.1 Å². The third kappa shape index (κ3) is 3.48. The smallest absolute Gasteiger partial charge is 0.250 e. The summed E-state index contributed by atoms with van der Waals surface area (Å²) in [4.78, 5) is 0. The Morgan fingerprint density at radius 1 is 1.04 bits per heavy atom. The van der Waals surface area contributed by atoms with Crippen LogP contribution < -0.4 is 4.74 Å². The maximum atomic E-state index is 12.9. The fraction of sp³-hybridized carbons (Fsp3) is 0.263. The molecule has 0 N–H and O–H groups in total. The van der Waals surface area contributed by atoms with Crippen LogP contribution in [0.2, 0.25) is 0 Å². The van der Waals surface area contributed by atoms with Gasteiger partial charge in [-0.3, -0.25) is 4.57 Å². The standard InChI is InChI=1S/C19H21N3O3S/c1-4-22-18(16-7-5-6-8-17(16)25-3)20-21-19(22)26(23,24)13-15-11-9-14(2)10-12-15/h5-12H,4,13H2,1-3H3. The Morgan fingerprint density at radius 2 is 1.73 bits per heavy atom. The number of sulfone groups is 1. The van der Waals surface area contributed by atoms with E-state index in [1.54, 1.807) is 11.7 Å². The van der Waals surface area contributed by atoms with Gasteiger partial charge in [0.1, 0.15) is 5.75 Å². The lowest BCUT2D eigenvalue weighted by Gasteiger charge is -2.11. The molecule has 7 heteroatoms. The van der Waals surface area contributed by atoms with E-state index in [-0.39, 0.29) is 10.9 Å². The van der Waals surface area contributed by atoms with Crippen molar-refractivity contribution in [1.29, 1.82) is 0 Å². The Labute approximate surface area is 153 Å². The maximum Gasteiger partial charge on any atom is 0.250 e. The quantitative estimate of drug-likeness (QED) is 0.665. The molecule has 0 saturated heterocycles. The molecule has 0 radical (unpaired) electrons. The molecule has 1 aromatic heterocycles. The van der Waals surface area contributed by atoms with E-state index in [4.69, 9.17) is 4.74 Å². The van der Waals surface area contributed by atoms with Crippen molar-refractivity contribution in [2.75, 3.05) is 7.11 Å². The fourth-order valence-electron chi connectivity index (χ4n) is 2.80. The van der Waals surface area contributed by atoms with Crippen LogP contribution in [0.1, 0.15) is 18.1 Å². The minimum atomic E-state index is -3.63. The van der Waals surface area contributed by atoms with Gasteiger partial charge in [-0.05, 0) is 31.5 Å². The lowest BCUT2D eigenvalue weighted by molar-refractivity contribution is 0.415. The van der Waals surface area contributed by atoms with Crippen LogP contribution in [0.4, 0.5) is 0 Å². The molecule has 0 bridgehead atoms. The first-order valence-corrected chi connectivity index (χ1v) is 9.96. The zero-order chi connectivity index (χ0) is 18.7. The second-order valence-corrected chi connectivity index (χ2v) is 7.88. The predicted octanol–water partition coefficient (Wildman–Crippen LogP) is 3.26. The number of nitrogens with zero attached hydrogens (tertiary/aromatic N) is 3. The van der Waals surface area contributed by atoms with Crippen molar-refractivity contribution >= 4 is 9.84 Å². The number of aryl methyl sites for hydroxylation is 1. The lowest BCUT2D eigenvalue weighted by Crippen LogP contribution is -2.13. The van der Waals surface area contributed by atoms with Crippen molar-refractivity contribution in [3.63, 3.8) is 0 Å². The van der Waals surface area contributed by atoms with Crippen LogP contribution in [0, 0.1) is 6.92 Å². The molecule has 6 nitrogen and oxygen atoms in total. The summed E-state index contributed by atoms with van der Waals surface area (Å²) in [5.74, 6) is 0.988. The van der Waals surface area contributed by atoms with Crippen molar-refractivity contribution in [3.05, 3.63) is 59.7 Å². The van der Waals surface area contributed by atoms with E-state index >= 15 is 0 Å². The number of methoxy groups -OCH3 is 1. The Morgan fingerprint density at radius 3 is 2.38 bits per heavy atom. The molecule has 0 aliphatic heterocycles. The van der Waals surface area contributed by atoms with E-state index in [1.807, 2.05) is 62.4 Å². The second kappa shape index (κ2) is 7.29. The molecule has 3 rings (SSSR count). The molecule has 0 atom stereocenters. The molecule has 0 unspecified atom stereocenters. The van der Waals surface area contributed by atoms with Gasteiger partial charge in [0.15, 0.2) is 5.82 Å². The van der Waals surface area contributed by atoms with Crippen LogP contribution in [0.25, 0.3) is 11.4 Å². The van der Waals surface area contributed by atoms with Crippen molar-refractivity contribution in [2.45, 2.75) is 31.3 Å². The minimum Gasteiger partial charge on any atom is -0.496 e. The molecule has 0 fully saturated rings. The Hall–Kier alpha value is -2.67. The highest BCUT2D eigenvalue weighted by Crippen LogP contribution is 2.30. The number of hydrogen-bond acceptors (Lipinski definition) is 5. The highest BCUT2D eigenvalue weighted by molar-refractivity contribution is 7.90. The molecule has 2 aromatic carbocycles. The summed E-state index contributed by atoms with van der Waals surface area (Å²) in [6, 6.07) is 14.8. The molecule has 26 heavy (non-hydrogen) atoms. The number of ether oxygens (including phenoxy) is 1. The van der Waals surface area contributed by atoms with Crippen LogP contribution in [0.15, 0.2) is 53.7 Å². The molecule has 1 heterocycles. The van der Waals surface area contributed by atoms with E-state index in [1.165, 1.54) is 0 Å². The second-order valence-electron chi connectivity index (χ2n) is 6.00. The molecule has 0 saturated carbocycles. The van der Waals surface area contributed by atoms with Gasteiger partial charge in [-0.25, -0.2) is 8.42 Å². The Kier molecular flexibility index (Phi) is 5.08. The number of hydrogen-bond donors (Lipinski definition) is 0. The van der Waals surface area contributed by atoms with Crippen LogP contribution in [-0.2, 0) is 22.1 Å². The molecule has 3 aromatic rings. The van der Waals surface area contributed by atoms with Gasteiger partial charge < -0.3 is 4.74 Å². The van der Waals surface area contributed by atoms with Crippen LogP contribution in [0.3, 0.4) is 0 Å². The van der Waals surface area contributed by atoms with Gasteiger partial charge >= 0.3 is 0 Å². The Bertz CT molecular complexity index is 1010. The highest BCUT2D eigenvalue weighted by Gasteiger charge is 2.26. The highest BCUT2D eigenvalue weighted by atomic mass is 32.2. The summed E-state index contributed by atoms with van der Waals surface area (Å²) in [5, 5.41) is 8.11. The number of benzene rings is 2. The zero-order valence-corrected chi connectivity index (χ0v) is 15.8. The largest absolute Gasteiger partial charge is 0.496 e. The summed E-state index contributed by atoms with van der Waals surface area (Å²) in [6.45, 7) is 4.27. The van der Waals surface area contributed by atoms with Crippen LogP contribution >= 0.6 is 0 Å². The Balaban J connectivity index is 2.03. The van der Waals surface area contributed by atoms with Gasteiger partial charge in [-0.2, -0.15) is 0 Å². The van der Waals surface area contributed by atoms with Gasteiger partial charge in [0.05, 0.1) is 18.4 Å². The topological polar surface area (TPSA) is 74.1 Å². The molecular formula is C19H21N3O3S. The van der Waals surface area contributed by atoms with E-state index in [2.05, 4.69) is 10.2 Å². The maximum absolute atomic E-state index is 12.9. The van der Waals surface area contributed by atoms with Crippen molar-refractivity contribution < 1.29 is 13.2 Å². The summed E-state index contributed by atoms with van der Waals surface area (Å²) in [6.07, 6.45) is 0. The SMILES string of the molecule is CCn1c(-c2ccccc2OC)nnc1S(=O)(=O)Cc1ccc(C)cc1. The molecule has 0 aliphatic rings. The summed E-state index contributed by atoms with van der Waals surface area (Å²) in [7, 11) is -2.06. The third-order valence-electron chi connectivity index (χ3n) is 4.14. The van der Waals surface area contributed by atoms with Gasteiger partial charge in [0, 0.05) is 6.54 Å². The summed E-state index contributed by atoms with van der Waals surface area (Å²) >= 11 is 0. The first-order valence-electron chi connectivity index (χ1n) is 8.31. The average molecular weight is 371 g/mol. The van der Waals surface area contributed by atoms with Gasteiger partial charge in [-0.1, -0.05) is 42.0 Å². The van der Waals surface area contributed by atoms with E-state index in [0.29, 0.717) is 23.7 Å². The lowest BCUT2D eigenvalue weighted by atomic mass is 10.2. The van der Waals surface area contributed by atoms with Crippen LogP contribution in [0.5, 0.6) is 5.75 Å².